The van der Waals surface area contributed by atoms with Gasteiger partial charge < -0.3 is 0 Å². The molecule has 0 unspecified atom stereocenters. The van der Waals surface area contributed by atoms with E-state index in [2.05, 4.69) is 31.0 Å². The molecular weight excluding hydrogens is 178 g/mol. The summed E-state index contributed by atoms with van der Waals surface area (Å²) in [5.74, 6) is 0. The van der Waals surface area contributed by atoms with Crippen LogP contribution in [-0.4, -0.2) is 10.2 Å². The van der Waals surface area contributed by atoms with E-state index < -0.39 is 0 Å². The van der Waals surface area contributed by atoms with Crippen molar-refractivity contribution in [3.05, 3.63) is 23.4 Å². The van der Waals surface area contributed by atoms with Gasteiger partial charge in [-0.3, -0.25) is 0 Å². The Kier molecular flexibility index (Phi) is 2.58. The van der Waals surface area contributed by atoms with Crippen LogP contribution in [0.4, 0.5) is 0 Å². The molecule has 0 aromatic carbocycles. The van der Waals surface area contributed by atoms with Gasteiger partial charge in [-0.2, -0.15) is 0 Å². The lowest BCUT2D eigenvalue weighted by Crippen LogP contribution is -2.13. The van der Waals surface area contributed by atoms with Crippen LogP contribution >= 0.6 is 11.8 Å². The highest BCUT2D eigenvalue weighted by molar-refractivity contribution is 7.99. The van der Waals surface area contributed by atoms with E-state index in [4.69, 9.17) is 0 Å². The van der Waals surface area contributed by atoms with Gasteiger partial charge in [-0.05, 0) is 44.4 Å². The number of rotatable bonds is 2. The van der Waals surface area contributed by atoms with E-state index in [1.807, 2.05) is 11.8 Å². The van der Waals surface area contributed by atoms with Gasteiger partial charge >= 0.3 is 0 Å². The average Bonchev–Trinajstić information content (AvgIpc) is 1.95. The summed E-state index contributed by atoms with van der Waals surface area (Å²) in [6.07, 6.45) is 4.15. The van der Waals surface area contributed by atoms with Crippen LogP contribution in [0.3, 0.4) is 0 Å². The Morgan fingerprint density at radius 3 is 2.62 bits per heavy atom. The first-order valence-electron chi connectivity index (χ1n) is 4.86. The molecule has 0 amide bonds. The van der Waals surface area contributed by atoms with Crippen molar-refractivity contribution in [1.82, 2.24) is 4.98 Å². The Bertz CT molecular complexity index is 285. The van der Waals surface area contributed by atoms with Crippen LogP contribution in [0.15, 0.2) is 17.2 Å². The van der Waals surface area contributed by atoms with Crippen molar-refractivity contribution in [1.29, 1.82) is 0 Å². The number of nitrogens with zero attached hydrogens (tertiary/aromatic N) is 1. The lowest BCUT2D eigenvalue weighted by molar-refractivity contribution is 0.521. The molecule has 1 fully saturated rings. The van der Waals surface area contributed by atoms with Crippen molar-refractivity contribution < 1.29 is 0 Å². The number of aromatic nitrogens is 1. The molecule has 1 aliphatic carbocycles. The Balaban J connectivity index is 2.10. The second-order valence-corrected chi connectivity index (χ2v) is 5.12. The van der Waals surface area contributed by atoms with Gasteiger partial charge in [-0.1, -0.05) is 6.42 Å². The summed E-state index contributed by atoms with van der Waals surface area (Å²) >= 11 is 1.95. The van der Waals surface area contributed by atoms with Gasteiger partial charge in [0.05, 0.1) is 5.03 Å². The van der Waals surface area contributed by atoms with Gasteiger partial charge in [0, 0.05) is 10.9 Å². The lowest BCUT2D eigenvalue weighted by Gasteiger charge is -2.24. The first kappa shape index (κ1) is 9.07. The molecule has 0 N–H and O–H groups in total. The molecule has 0 saturated heterocycles. The standard InChI is InChI=1S/C11H15NS/c1-8-6-9(2)12-11(7-8)13-10-4-3-5-10/h6-7,10H,3-5H2,1-2H3. The first-order chi connectivity index (χ1) is 6.24. The van der Waals surface area contributed by atoms with Crippen molar-refractivity contribution in [3.8, 4) is 0 Å². The van der Waals surface area contributed by atoms with Gasteiger partial charge in [0.1, 0.15) is 0 Å². The minimum Gasteiger partial charge on any atom is -0.247 e. The number of hydrogen-bond donors (Lipinski definition) is 0. The summed E-state index contributed by atoms with van der Waals surface area (Å²) in [5.41, 5.74) is 2.47. The molecule has 0 aliphatic heterocycles. The Labute approximate surface area is 84.0 Å². The molecule has 0 atom stereocenters. The smallest absolute Gasteiger partial charge is 0.0968 e. The maximum atomic E-state index is 4.52. The Morgan fingerprint density at radius 2 is 2.08 bits per heavy atom. The SMILES string of the molecule is Cc1cc(C)nc(SC2CCC2)c1. The molecule has 0 radical (unpaired) electrons. The van der Waals surface area contributed by atoms with Crippen LogP contribution in [0.5, 0.6) is 0 Å². The molecule has 1 aromatic rings. The molecule has 1 nitrogen and oxygen atoms in total. The summed E-state index contributed by atoms with van der Waals surface area (Å²) < 4.78 is 0. The fourth-order valence-corrected chi connectivity index (χ4v) is 2.89. The topological polar surface area (TPSA) is 12.9 Å². The van der Waals surface area contributed by atoms with Gasteiger partial charge in [-0.25, -0.2) is 4.98 Å². The molecule has 0 spiro atoms. The molecule has 1 aromatic heterocycles. The van der Waals surface area contributed by atoms with Gasteiger partial charge in [0.2, 0.25) is 0 Å². The molecule has 2 heteroatoms. The maximum Gasteiger partial charge on any atom is 0.0968 e. The predicted octanol–water partition coefficient (Wildman–Crippen LogP) is 3.34. The Morgan fingerprint density at radius 1 is 1.31 bits per heavy atom. The second-order valence-electron chi connectivity index (χ2n) is 3.79. The van der Waals surface area contributed by atoms with Crippen LogP contribution in [-0.2, 0) is 0 Å². The molecular formula is C11H15NS. The third-order valence-electron chi connectivity index (χ3n) is 2.41. The fourth-order valence-electron chi connectivity index (χ4n) is 1.52. The zero-order valence-corrected chi connectivity index (χ0v) is 9.03. The van der Waals surface area contributed by atoms with Crippen molar-refractivity contribution in [2.75, 3.05) is 0 Å². The predicted molar refractivity (Wildman–Crippen MR) is 57.2 cm³/mol. The third kappa shape index (κ3) is 2.25. The van der Waals surface area contributed by atoms with Crippen LogP contribution in [0.1, 0.15) is 30.5 Å². The molecule has 2 rings (SSSR count). The van der Waals surface area contributed by atoms with Crippen LogP contribution < -0.4 is 0 Å². The lowest BCUT2D eigenvalue weighted by atomic mass is 10.0. The molecule has 13 heavy (non-hydrogen) atoms. The summed E-state index contributed by atoms with van der Waals surface area (Å²) in [6.45, 7) is 4.21. The minimum atomic E-state index is 0.841. The van der Waals surface area contributed by atoms with Gasteiger partial charge in [0.25, 0.3) is 0 Å². The summed E-state index contributed by atoms with van der Waals surface area (Å²) in [5, 5.41) is 2.05. The largest absolute Gasteiger partial charge is 0.247 e. The monoisotopic (exact) mass is 193 g/mol. The third-order valence-corrected chi connectivity index (χ3v) is 3.67. The van der Waals surface area contributed by atoms with Crippen molar-refractivity contribution in [2.45, 2.75) is 43.4 Å². The molecule has 0 bridgehead atoms. The fraction of sp³-hybridized carbons (Fsp3) is 0.545. The number of aryl methyl sites for hydroxylation is 2. The van der Waals surface area contributed by atoms with Crippen molar-refractivity contribution in [3.63, 3.8) is 0 Å². The average molecular weight is 193 g/mol. The van der Waals surface area contributed by atoms with E-state index in [1.165, 1.54) is 29.9 Å². The zero-order chi connectivity index (χ0) is 9.26. The second kappa shape index (κ2) is 3.70. The zero-order valence-electron chi connectivity index (χ0n) is 8.21. The number of hydrogen-bond acceptors (Lipinski definition) is 2. The van der Waals surface area contributed by atoms with E-state index >= 15 is 0 Å². The summed E-state index contributed by atoms with van der Waals surface area (Å²) in [7, 11) is 0. The van der Waals surface area contributed by atoms with E-state index in [-0.39, 0.29) is 0 Å². The molecule has 1 heterocycles. The quantitative estimate of drug-likeness (QED) is 0.714. The minimum absolute atomic E-state index is 0.841. The van der Waals surface area contributed by atoms with Crippen LogP contribution in [0, 0.1) is 13.8 Å². The maximum absolute atomic E-state index is 4.52. The number of pyridine rings is 1. The summed E-state index contributed by atoms with van der Waals surface area (Å²) in [6, 6.07) is 4.32. The highest BCUT2D eigenvalue weighted by Crippen LogP contribution is 2.35. The van der Waals surface area contributed by atoms with E-state index in [9.17, 15) is 0 Å². The van der Waals surface area contributed by atoms with Crippen molar-refractivity contribution >= 4 is 11.8 Å². The van der Waals surface area contributed by atoms with Gasteiger partial charge in [-0.15, -0.1) is 11.8 Å². The summed E-state index contributed by atoms with van der Waals surface area (Å²) in [4.78, 5) is 4.52. The Hall–Kier alpha value is -0.500. The van der Waals surface area contributed by atoms with Gasteiger partial charge in [0.15, 0.2) is 0 Å². The normalized spacial score (nSPS) is 17.1. The van der Waals surface area contributed by atoms with Crippen molar-refractivity contribution in [2.24, 2.45) is 0 Å². The highest BCUT2D eigenvalue weighted by atomic mass is 32.2. The van der Waals surface area contributed by atoms with Crippen LogP contribution in [0.25, 0.3) is 0 Å². The first-order valence-corrected chi connectivity index (χ1v) is 5.74. The van der Waals surface area contributed by atoms with E-state index in [1.54, 1.807) is 0 Å². The van der Waals surface area contributed by atoms with E-state index in [0.29, 0.717) is 0 Å². The molecule has 70 valence electrons. The molecule has 1 aliphatic rings. The highest BCUT2D eigenvalue weighted by Gasteiger charge is 2.19. The van der Waals surface area contributed by atoms with Crippen LogP contribution in [0.2, 0.25) is 0 Å². The molecule has 1 saturated carbocycles. The van der Waals surface area contributed by atoms with E-state index in [0.717, 1.165) is 10.9 Å². The number of thioether (sulfide) groups is 1.